The highest BCUT2D eigenvalue weighted by Gasteiger charge is 2.34. The van der Waals surface area contributed by atoms with Crippen LogP contribution in [0.25, 0.3) is 12.2 Å². The van der Waals surface area contributed by atoms with Crippen molar-refractivity contribution >= 4 is 49.2 Å². The highest BCUT2D eigenvalue weighted by Crippen LogP contribution is 2.52. The zero-order valence-electron chi connectivity index (χ0n) is 28.2. The monoisotopic (exact) mass is 668 g/mol. The maximum absolute atomic E-state index is 2.56. The van der Waals surface area contributed by atoms with Crippen LogP contribution in [0.15, 0.2) is 199 Å². The minimum Gasteiger partial charge on any atom is -0.0870 e. The van der Waals surface area contributed by atoms with Gasteiger partial charge in [0.2, 0.25) is 0 Å². The van der Waals surface area contributed by atoms with Crippen LogP contribution < -0.4 is 21.2 Å². The van der Waals surface area contributed by atoms with Crippen molar-refractivity contribution in [2.75, 3.05) is 0 Å². The molecule has 5 aromatic rings. The van der Waals surface area contributed by atoms with Gasteiger partial charge in [0.15, 0.2) is 0 Å². The number of hydrogen-bond donors (Lipinski definition) is 0. The van der Waals surface area contributed by atoms with Gasteiger partial charge in [-0.25, -0.2) is 0 Å². The molecule has 240 valence electrons. The molecular formula is C47H42P2. The van der Waals surface area contributed by atoms with Crippen molar-refractivity contribution < 1.29 is 0 Å². The van der Waals surface area contributed by atoms with Crippen LogP contribution in [0.5, 0.6) is 0 Å². The van der Waals surface area contributed by atoms with Gasteiger partial charge in [-0.1, -0.05) is 206 Å². The van der Waals surface area contributed by atoms with E-state index in [9.17, 15) is 0 Å². The standard InChI is InChI=1S/C47H42P2/c1-3-15-39-16-13-14-23-45(39)49(43-21-11-6-12-22-43)44-30-33-47(34-31-44)35-32-46(40(36-47)29-28-38-26-24-37(2)25-27-38)48(41-17-7-4-8-18-41)42-19-9-5-10-20-42/h3-33,35-36,46H,34H2,1-2H3/b15-3+,29-28+. The summed E-state index contributed by atoms with van der Waals surface area (Å²) < 4.78 is 0. The molecule has 0 heterocycles. The quantitative estimate of drug-likeness (QED) is 0.108. The van der Waals surface area contributed by atoms with Crippen molar-refractivity contribution in [2.45, 2.75) is 25.9 Å². The summed E-state index contributed by atoms with van der Waals surface area (Å²) in [6.07, 6.45) is 25.0. The van der Waals surface area contributed by atoms with E-state index in [1.807, 2.05) is 0 Å². The molecule has 7 rings (SSSR count). The normalized spacial score (nSPS) is 19.4. The Balaban J connectivity index is 1.29. The topological polar surface area (TPSA) is 0 Å². The molecule has 2 heteroatoms. The highest BCUT2D eigenvalue weighted by atomic mass is 31.1. The predicted molar refractivity (Wildman–Crippen MR) is 218 cm³/mol. The predicted octanol–water partition coefficient (Wildman–Crippen LogP) is 11.0. The van der Waals surface area contributed by atoms with Gasteiger partial charge in [0.1, 0.15) is 0 Å². The molecular weight excluding hydrogens is 626 g/mol. The lowest BCUT2D eigenvalue weighted by atomic mass is 9.76. The Labute approximate surface area is 295 Å². The summed E-state index contributed by atoms with van der Waals surface area (Å²) in [6, 6.07) is 51.0. The van der Waals surface area contributed by atoms with Crippen molar-refractivity contribution in [1.29, 1.82) is 0 Å². The molecule has 0 fully saturated rings. The smallest absolute Gasteiger partial charge is 0.0299 e. The minimum absolute atomic E-state index is 0.165. The molecule has 0 aromatic heterocycles. The Morgan fingerprint density at radius 3 is 1.86 bits per heavy atom. The van der Waals surface area contributed by atoms with Crippen LogP contribution in [0.3, 0.4) is 0 Å². The second kappa shape index (κ2) is 15.3. The third kappa shape index (κ3) is 7.53. The second-order valence-electron chi connectivity index (χ2n) is 12.7. The zero-order chi connectivity index (χ0) is 33.5. The van der Waals surface area contributed by atoms with Gasteiger partial charge >= 0.3 is 0 Å². The third-order valence-electron chi connectivity index (χ3n) is 9.28. The van der Waals surface area contributed by atoms with Crippen LogP contribution in [0.4, 0.5) is 0 Å². The van der Waals surface area contributed by atoms with E-state index in [2.05, 4.69) is 214 Å². The number of hydrogen-bond acceptors (Lipinski definition) is 0. The molecule has 0 aliphatic heterocycles. The number of benzene rings is 5. The molecule has 0 radical (unpaired) electrons. The number of allylic oxidation sites excluding steroid dienone is 10. The van der Waals surface area contributed by atoms with Crippen molar-refractivity contribution in [3.05, 3.63) is 216 Å². The lowest BCUT2D eigenvalue weighted by Crippen LogP contribution is -2.27. The molecule has 49 heavy (non-hydrogen) atoms. The van der Waals surface area contributed by atoms with Crippen molar-refractivity contribution in [3.8, 4) is 0 Å². The Bertz CT molecular complexity index is 2010. The third-order valence-corrected chi connectivity index (χ3v) is 14.6. The first-order valence-corrected chi connectivity index (χ1v) is 19.9. The minimum atomic E-state index is -0.702. The van der Waals surface area contributed by atoms with E-state index in [1.54, 1.807) is 0 Å². The van der Waals surface area contributed by atoms with E-state index in [-0.39, 0.29) is 11.1 Å². The zero-order valence-corrected chi connectivity index (χ0v) is 30.0. The first kappa shape index (κ1) is 32.9. The van der Waals surface area contributed by atoms with E-state index in [1.165, 1.54) is 48.8 Å². The largest absolute Gasteiger partial charge is 0.0870 e. The highest BCUT2D eigenvalue weighted by molar-refractivity contribution is 7.77. The van der Waals surface area contributed by atoms with E-state index >= 15 is 0 Å². The van der Waals surface area contributed by atoms with Crippen LogP contribution in [-0.2, 0) is 0 Å². The van der Waals surface area contributed by atoms with Gasteiger partial charge in [0.05, 0.1) is 0 Å². The summed E-state index contributed by atoms with van der Waals surface area (Å²) >= 11 is 0. The van der Waals surface area contributed by atoms with Gasteiger partial charge in [-0.05, 0) is 79.3 Å². The van der Waals surface area contributed by atoms with Gasteiger partial charge < -0.3 is 0 Å². The Morgan fingerprint density at radius 2 is 1.24 bits per heavy atom. The molecule has 1 spiro atoms. The average molecular weight is 669 g/mol. The summed E-state index contributed by atoms with van der Waals surface area (Å²) in [5.41, 5.74) is 5.29. The van der Waals surface area contributed by atoms with Crippen LogP contribution in [0, 0.1) is 12.3 Å². The first-order valence-electron chi connectivity index (χ1n) is 17.1. The van der Waals surface area contributed by atoms with Crippen LogP contribution in [0.2, 0.25) is 0 Å². The molecule has 3 unspecified atom stereocenters. The van der Waals surface area contributed by atoms with Crippen molar-refractivity contribution in [2.24, 2.45) is 5.41 Å². The summed E-state index contributed by atoms with van der Waals surface area (Å²) in [6.45, 7) is 4.25. The maximum atomic E-state index is 2.56. The molecule has 5 aromatic carbocycles. The molecule has 3 atom stereocenters. The molecule has 0 saturated heterocycles. The Kier molecular flexibility index (Phi) is 10.3. The fourth-order valence-electron chi connectivity index (χ4n) is 6.79. The van der Waals surface area contributed by atoms with E-state index in [0.717, 1.165) is 6.42 Å². The summed E-state index contributed by atoms with van der Waals surface area (Å²) in [7, 11) is -1.37. The van der Waals surface area contributed by atoms with Gasteiger partial charge in [0, 0.05) is 11.1 Å². The summed E-state index contributed by atoms with van der Waals surface area (Å²) in [5, 5.41) is 7.01. The molecule has 0 nitrogen and oxygen atoms in total. The average Bonchev–Trinajstić information content (AvgIpc) is 3.15. The summed E-state index contributed by atoms with van der Waals surface area (Å²) in [4.78, 5) is 0. The Morgan fingerprint density at radius 1 is 0.633 bits per heavy atom. The van der Waals surface area contributed by atoms with E-state index < -0.39 is 15.8 Å². The van der Waals surface area contributed by atoms with Crippen molar-refractivity contribution in [1.82, 2.24) is 0 Å². The maximum Gasteiger partial charge on any atom is 0.0299 e. The van der Waals surface area contributed by atoms with Crippen molar-refractivity contribution in [3.63, 3.8) is 0 Å². The van der Waals surface area contributed by atoms with Crippen LogP contribution in [0.1, 0.15) is 30.0 Å². The summed E-state index contributed by atoms with van der Waals surface area (Å²) in [5.74, 6) is 0. The fourth-order valence-corrected chi connectivity index (χ4v) is 11.9. The molecule has 2 aliphatic carbocycles. The molecule has 0 amide bonds. The van der Waals surface area contributed by atoms with Gasteiger partial charge in [0.25, 0.3) is 0 Å². The van der Waals surface area contributed by atoms with Gasteiger partial charge in [-0.3, -0.25) is 0 Å². The molecule has 0 N–H and O–H groups in total. The van der Waals surface area contributed by atoms with Crippen LogP contribution in [-0.4, -0.2) is 5.66 Å². The van der Waals surface area contributed by atoms with Gasteiger partial charge in [-0.2, -0.15) is 0 Å². The van der Waals surface area contributed by atoms with Crippen LogP contribution >= 0.6 is 15.8 Å². The SMILES string of the molecule is C/C=C/c1ccccc1P(C1=CCC2(C=C1)C=CC(P(c1ccccc1)c1ccccc1)C(/C=C/c1ccc(C)cc1)=C2)c1ccccc1. The van der Waals surface area contributed by atoms with E-state index in [0.29, 0.717) is 0 Å². The fraction of sp³-hybridized carbons (Fsp3) is 0.106. The molecule has 0 bridgehead atoms. The first-order chi connectivity index (χ1) is 24.1. The lowest BCUT2D eigenvalue weighted by molar-refractivity contribution is 0.619. The number of aryl methyl sites for hydroxylation is 1. The number of rotatable bonds is 9. The van der Waals surface area contributed by atoms with E-state index in [4.69, 9.17) is 0 Å². The van der Waals surface area contributed by atoms with Gasteiger partial charge in [-0.15, -0.1) is 0 Å². The molecule has 0 saturated carbocycles. The lowest BCUT2D eigenvalue weighted by Gasteiger charge is -2.37. The molecule has 2 aliphatic rings. The Hall–Kier alpha value is -4.60. The second-order valence-corrected chi connectivity index (χ2v) is 17.3.